The lowest BCUT2D eigenvalue weighted by atomic mass is 9.90. The minimum Gasteiger partial charge on any atom is -0.496 e. The van der Waals surface area contributed by atoms with Gasteiger partial charge in [0.25, 0.3) is 0 Å². The van der Waals surface area contributed by atoms with Crippen LogP contribution in [-0.2, 0) is 20.7 Å². The average Bonchev–Trinajstić information content (AvgIpc) is 3.34. The molecule has 1 aliphatic rings. The van der Waals surface area contributed by atoms with Crippen molar-refractivity contribution in [3.8, 4) is 17.6 Å². The summed E-state index contributed by atoms with van der Waals surface area (Å²) in [6.45, 7) is 9.14. The lowest BCUT2D eigenvalue weighted by Crippen LogP contribution is -2.55. The topological polar surface area (TPSA) is 72.0 Å². The van der Waals surface area contributed by atoms with Crippen molar-refractivity contribution < 1.29 is 19.1 Å². The van der Waals surface area contributed by atoms with Crippen LogP contribution in [0.3, 0.4) is 0 Å². The molecule has 0 spiro atoms. The highest BCUT2D eigenvalue weighted by atomic mass is 79.9. The zero-order chi connectivity index (χ0) is 25.6. The summed E-state index contributed by atoms with van der Waals surface area (Å²) in [7, 11) is 1.64. The third-order valence-corrected chi connectivity index (χ3v) is 7.24. The first kappa shape index (κ1) is 27.2. The number of rotatable bonds is 6. The first-order chi connectivity index (χ1) is 16.7. The van der Waals surface area contributed by atoms with Crippen LogP contribution in [0.1, 0.15) is 56.2 Å². The zero-order valence-electron chi connectivity index (χ0n) is 20.9. The van der Waals surface area contributed by atoms with E-state index in [9.17, 15) is 9.59 Å². The van der Waals surface area contributed by atoms with Crippen molar-refractivity contribution in [1.82, 2.24) is 14.8 Å². The summed E-state index contributed by atoms with van der Waals surface area (Å²) < 4.78 is 11.9. The Hall–Kier alpha value is -2.41. The lowest BCUT2D eigenvalue weighted by molar-refractivity contribution is -0.157. The number of methoxy groups -OCH3 is 1. The standard InChI is InChI=1S/C26H32BrN3O4S/c1-6-22-20-15-21(27)23(33-5)14-18(20)9-10-29(22)24(31)25(32)30(26(2,3)4)11-13-34-12-7-8-19-16-28-17-35-19/h14-17,22H,6,9-13H2,1-5H3. The van der Waals surface area contributed by atoms with Crippen molar-refractivity contribution in [2.45, 2.75) is 52.1 Å². The highest BCUT2D eigenvalue weighted by molar-refractivity contribution is 9.10. The Balaban J connectivity index is 1.68. The molecule has 0 fully saturated rings. The number of thiazole rings is 1. The molecular weight excluding hydrogens is 530 g/mol. The van der Waals surface area contributed by atoms with E-state index in [2.05, 4.69) is 32.8 Å². The van der Waals surface area contributed by atoms with Crippen LogP contribution in [-0.4, -0.2) is 65.6 Å². The van der Waals surface area contributed by atoms with Crippen molar-refractivity contribution in [3.05, 3.63) is 44.3 Å². The highest BCUT2D eigenvalue weighted by Gasteiger charge is 2.38. The van der Waals surface area contributed by atoms with Crippen molar-refractivity contribution in [3.63, 3.8) is 0 Å². The van der Waals surface area contributed by atoms with Crippen LogP contribution in [0.2, 0.25) is 0 Å². The fourth-order valence-corrected chi connectivity index (χ4v) is 5.21. The van der Waals surface area contributed by atoms with Gasteiger partial charge in [0, 0.05) is 18.6 Å². The molecule has 1 aromatic heterocycles. The summed E-state index contributed by atoms with van der Waals surface area (Å²) in [4.78, 5) is 35.1. The summed E-state index contributed by atoms with van der Waals surface area (Å²) >= 11 is 5.03. The van der Waals surface area contributed by atoms with Crippen molar-refractivity contribution in [2.24, 2.45) is 0 Å². The molecule has 0 saturated carbocycles. The minimum absolute atomic E-state index is 0.169. The van der Waals surface area contributed by atoms with Gasteiger partial charge < -0.3 is 19.3 Å². The highest BCUT2D eigenvalue weighted by Crippen LogP contribution is 2.38. The van der Waals surface area contributed by atoms with Crippen LogP contribution >= 0.6 is 27.3 Å². The van der Waals surface area contributed by atoms with Crippen molar-refractivity contribution in [1.29, 1.82) is 0 Å². The van der Waals surface area contributed by atoms with E-state index in [1.807, 2.05) is 39.8 Å². The molecule has 2 heterocycles. The summed E-state index contributed by atoms with van der Waals surface area (Å²) in [6.07, 6.45) is 3.09. The van der Waals surface area contributed by atoms with Crippen LogP contribution in [0.25, 0.3) is 0 Å². The van der Waals surface area contributed by atoms with Gasteiger partial charge in [-0.25, -0.2) is 0 Å². The summed E-state index contributed by atoms with van der Waals surface area (Å²) in [6, 6.07) is 3.86. The summed E-state index contributed by atoms with van der Waals surface area (Å²) in [5, 5.41) is 0. The van der Waals surface area contributed by atoms with Crippen LogP contribution in [0.5, 0.6) is 5.75 Å². The Kier molecular flexibility index (Phi) is 9.34. The molecule has 1 atom stereocenters. The maximum atomic E-state index is 13.5. The minimum atomic E-state index is -0.532. The van der Waals surface area contributed by atoms with Gasteiger partial charge in [-0.05, 0) is 72.8 Å². The van der Waals surface area contributed by atoms with Crippen LogP contribution in [0, 0.1) is 11.8 Å². The monoisotopic (exact) mass is 561 g/mol. The molecule has 1 aromatic carbocycles. The first-order valence-electron chi connectivity index (χ1n) is 11.6. The molecule has 0 radical (unpaired) electrons. The number of aromatic nitrogens is 1. The number of hydrogen-bond acceptors (Lipinski definition) is 6. The third kappa shape index (κ3) is 6.63. The predicted octanol–water partition coefficient (Wildman–Crippen LogP) is 4.45. The molecular formula is C26H32BrN3O4S. The Labute approximate surface area is 219 Å². The van der Waals surface area contributed by atoms with E-state index in [0.29, 0.717) is 32.5 Å². The van der Waals surface area contributed by atoms with E-state index in [0.717, 1.165) is 26.2 Å². The van der Waals surface area contributed by atoms with E-state index in [4.69, 9.17) is 9.47 Å². The molecule has 0 bridgehead atoms. The predicted molar refractivity (Wildman–Crippen MR) is 140 cm³/mol. The quantitative estimate of drug-likeness (QED) is 0.296. The molecule has 2 aromatic rings. The number of hydrogen-bond donors (Lipinski definition) is 0. The average molecular weight is 563 g/mol. The third-order valence-electron chi connectivity index (χ3n) is 5.93. The maximum absolute atomic E-state index is 13.5. The molecule has 1 aliphatic heterocycles. The van der Waals surface area contributed by atoms with Crippen molar-refractivity contribution >= 4 is 39.1 Å². The lowest BCUT2D eigenvalue weighted by Gasteiger charge is -2.40. The van der Waals surface area contributed by atoms with E-state index in [1.165, 1.54) is 11.3 Å². The molecule has 35 heavy (non-hydrogen) atoms. The molecule has 2 amide bonds. The number of fused-ring (bicyclic) bond motifs is 1. The second kappa shape index (κ2) is 12.0. The van der Waals surface area contributed by atoms with E-state index >= 15 is 0 Å². The number of amides is 2. The normalized spacial score (nSPS) is 15.1. The summed E-state index contributed by atoms with van der Waals surface area (Å²) in [5.74, 6) is 5.72. The van der Waals surface area contributed by atoms with Gasteiger partial charge in [0.05, 0.1) is 40.8 Å². The van der Waals surface area contributed by atoms with Crippen LogP contribution < -0.4 is 4.74 Å². The van der Waals surface area contributed by atoms with Crippen LogP contribution in [0.4, 0.5) is 0 Å². The fourth-order valence-electron chi connectivity index (χ4n) is 4.20. The Morgan fingerprint density at radius 3 is 2.74 bits per heavy atom. The number of ether oxygens (including phenoxy) is 2. The van der Waals surface area contributed by atoms with Gasteiger partial charge in [0.1, 0.15) is 12.4 Å². The molecule has 7 nitrogen and oxygen atoms in total. The summed E-state index contributed by atoms with van der Waals surface area (Å²) in [5.41, 5.74) is 3.40. The SMILES string of the molecule is CCC1c2cc(Br)c(OC)cc2CCN1C(=O)C(=O)N(CCOCC#Cc1cncs1)C(C)(C)C. The number of carbonyl (C=O) groups excluding carboxylic acids is 2. The van der Waals surface area contributed by atoms with Gasteiger partial charge >= 0.3 is 11.8 Å². The van der Waals surface area contributed by atoms with E-state index in [1.54, 1.807) is 28.6 Å². The second-order valence-corrected chi connectivity index (χ2v) is 10.9. The van der Waals surface area contributed by atoms with Crippen molar-refractivity contribution in [2.75, 3.05) is 33.4 Å². The van der Waals surface area contributed by atoms with Gasteiger partial charge in [-0.3, -0.25) is 14.6 Å². The molecule has 0 saturated heterocycles. The van der Waals surface area contributed by atoms with Gasteiger partial charge in [0.2, 0.25) is 0 Å². The van der Waals surface area contributed by atoms with Gasteiger partial charge in [0.15, 0.2) is 0 Å². The molecule has 0 aliphatic carbocycles. The molecule has 188 valence electrons. The zero-order valence-corrected chi connectivity index (χ0v) is 23.3. The number of halogens is 1. The van der Waals surface area contributed by atoms with E-state index in [-0.39, 0.29) is 12.6 Å². The van der Waals surface area contributed by atoms with Crippen LogP contribution in [0.15, 0.2) is 28.3 Å². The number of benzene rings is 1. The molecule has 9 heteroatoms. The molecule has 0 N–H and O–H groups in total. The smallest absolute Gasteiger partial charge is 0.312 e. The molecule has 1 unspecified atom stereocenters. The Bertz CT molecular complexity index is 1100. The van der Waals surface area contributed by atoms with E-state index < -0.39 is 17.4 Å². The fraction of sp³-hybridized carbons (Fsp3) is 0.500. The number of carbonyl (C=O) groups is 2. The number of nitrogens with zero attached hydrogens (tertiary/aromatic N) is 3. The van der Waals surface area contributed by atoms with Gasteiger partial charge in [-0.1, -0.05) is 18.8 Å². The van der Waals surface area contributed by atoms with Gasteiger partial charge in [-0.2, -0.15) is 0 Å². The van der Waals surface area contributed by atoms with Gasteiger partial charge in [-0.15, -0.1) is 11.3 Å². The molecule has 3 rings (SSSR count). The second-order valence-electron chi connectivity index (χ2n) is 9.21. The Morgan fingerprint density at radius 2 is 2.11 bits per heavy atom. The maximum Gasteiger partial charge on any atom is 0.312 e. The first-order valence-corrected chi connectivity index (χ1v) is 13.3. The Morgan fingerprint density at radius 1 is 1.34 bits per heavy atom. The largest absolute Gasteiger partial charge is 0.496 e.